The summed E-state index contributed by atoms with van der Waals surface area (Å²) in [5.41, 5.74) is 0.959. The smallest absolute Gasteiger partial charge is 0.105 e. The van der Waals surface area contributed by atoms with Crippen molar-refractivity contribution in [2.75, 3.05) is 0 Å². The lowest BCUT2D eigenvalue weighted by molar-refractivity contribution is 0.874. The molecule has 68 valence electrons. The van der Waals surface area contributed by atoms with Crippen molar-refractivity contribution in [1.82, 2.24) is 0 Å². The summed E-state index contributed by atoms with van der Waals surface area (Å²) in [5, 5.41) is 0. The first-order chi connectivity index (χ1) is 4.73. The Morgan fingerprint density at radius 2 is 1.45 bits per heavy atom. The first-order valence-corrected chi connectivity index (χ1v) is 23.8. The molecule has 7 heteroatoms. The normalized spacial score (nSPS) is 16.6. The Bertz CT molecular complexity index is 131. The first kappa shape index (κ1) is 15.1. The van der Waals surface area contributed by atoms with Gasteiger partial charge in [0, 0.05) is 0 Å². The highest BCUT2D eigenvalue weighted by atomic mass is 127. The van der Waals surface area contributed by atoms with Crippen LogP contribution in [0.3, 0.4) is 0 Å². The summed E-state index contributed by atoms with van der Waals surface area (Å²) in [6.07, 6.45) is 1.35. The van der Waals surface area contributed by atoms with Gasteiger partial charge in [0.25, 0.3) is 0.0813 Å². The van der Waals surface area contributed by atoms with Crippen molar-refractivity contribution in [2.24, 2.45) is 0 Å². The van der Waals surface area contributed by atoms with Crippen LogP contribution in [0.2, 0.25) is 5.54 Å². The van der Waals surface area contributed by atoms with E-state index in [9.17, 15) is 0 Å². The van der Waals surface area contributed by atoms with Gasteiger partial charge < -0.3 is 0 Å². The molecule has 0 bridgehead atoms. The molecule has 0 rings (SSSR count). The zero-order chi connectivity index (χ0) is 9.28. The van der Waals surface area contributed by atoms with Crippen molar-refractivity contribution < 1.29 is 0 Å². The van der Waals surface area contributed by atoms with Crippen LogP contribution < -0.4 is 0 Å². The van der Waals surface area contributed by atoms with E-state index in [4.69, 9.17) is 0 Å². The van der Waals surface area contributed by atoms with Crippen LogP contribution in [0, 0.1) is 0 Å². The second-order valence-corrected chi connectivity index (χ2v) is 75.1. The van der Waals surface area contributed by atoms with Gasteiger partial charge in [0.1, 0.15) is 0 Å². The van der Waals surface area contributed by atoms with Crippen molar-refractivity contribution in [2.45, 2.75) is 25.8 Å². The minimum Gasteiger partial charge on any atom is -0.105 e. The molecule has 11 heavy (non-hydrogen) atoms. The molecule has 0 amide bonds. The van der Waals surface area contributed by atoms with Gasteiger partial charge >= 0.3 is 0 Å². The minimum absolute atomic E-state index is 0.947. The van der Waals surface area contributed by atoms with E-state index in [1.54, 1.807) is 0 Å². The zero-order valence-electron chi connectivity index (χ0n) is 6.17. The summed E-state index contributed by atoms with van der Waals surface area (Å²) in [6.45, 7) is 4.73. The summed E-state index contributed by atoms with van der Waals surface area (Å²) < 4.78 is -1.92. The van der Waals surface area contributed by atoms with Gasteiger partial charge in [-0.05, 0) is 5.54 Å². The molecule has 0 aliphatic rings. The van der Waals surface area contributed by atoms with Crippen molar-refractivity contribution in [3.05, 3.63) is 0 Å². The van der Waals surface area contributed by atoms with E-state index in [2.05, 4.69) is 123 Å². The number of hydrogen-bond acceptors (Lipinski definition) is 0. The number of rotatable bonds is 3. The number of hydrogen-bond donors (Lipinski definition) is 0. The van der Waals surface area contributed by atoms with Gasteiger partial charge in [-0.25, -0.2) is 0 Å². The predicted molar refractivity (Wildman–Crippen MR) is 101 cm³/mol. The molecule has 0 fully saturated rings. The Labute approximate surface area is 134 Å². The molecule has 0 spiro atoms. The van der Waals surface area contributed by atoms with E-state index in [0.717, 1.165) is 5.54 Å². The van der Waals surface area contributed by atoms with Crippen LogP contribution in [0.25, 0.3) is 0 Å². The molecular formula is C4H9I5Si2. The number of halogens is 5. The third kappa shape index (κ3) is 4.63. The van der Waals surface area contributed by atoms with Gasteiger partial charge in [0.05, 0.1) is 0 Å². The summed E-state index contributed by atoms with van der Waals surface area (Å²) in [5.74, 6) is 0. The molecule has 0 N–H and O–H groups in total. The third-order valence-corrected chi connectivity index (χ3v) is 107. The molecular weight excluding hydrogens is 739 g/mol. The lowest BCUT2D eigenvalue weighted by Crippen LogP contribution is -2.42. The molecule has 0 radical (unpaired) electrons. The van der Waals surface area contributed by atoms with Crippen molar-refractivity contribution in [3.8, 4) is 0 Å². The van der Waals surface area contributed by atoms with Crippen molar-refractivity contribution in [1.29, 1.82) is 0 Å². The van der Waals surface area contributed by atoms with Gasteiger partial charge in [0.15, 0.2) is 0 Å². The van der Waals surface area contributed by atoms with Crippen LogP contribution in [-0.4, -0.2) is 2.67 Å². The summed E-state index contributed by atoms with van der Waals surface area (Å²) in [4.78, 5) is 0. The molecule has 0 heterocycles. The van der Waals surface area contributed by atoms with Crippen molar-refractivity contribution >= 4 is 112 Å². The molecule has 0 aromatic heterocycles. The van der Waals surface area contributed by atoms with Crippen LogP contribution in [0.5, 0.6) is 0 Å². The highest BCUT2D eigenvalue weighted by molar-refractivity contribution is 14.4. The molecule has 1 atom stereocenters. The molecule has 0 nitrogen and oxygen atoms in total. The zero-order valence-corrected chi connectivity index (χ0v) is 19.0. The van der Waals surface area contributed by atoms with Gasteiger partial charge in [0.2, 0.25) is 2.58 Å². The highest BCUT2D eigenvalue weighted by Gasteiger charge is 2.51. The topological polar surface area (TPSA) is 0 Å². The Balaban J connectivity index is 4.45. The predicted octanol–water partition coefficient (Wildman–Crippen LogP) is 5.42. The van der Waals surface area contributed by atoms with Crippen LogP contribution in [-0.2, 0) is 0 Å². The monoisotopic (exact) mass is 748 g/mol. The van der Waals surface area contributed by atoms with Crippen LogP contribution >= 0.6 is 109 Å². The van der Waals surface area contributed by atoms with Crippen LogP contribution in [0.4, 0.5) is 0 Å². The van der Waals surface area contributed by atoms with Gasteiger partial charge in [-0.2, -0.15) is 0 Å². The van der Waals surface area contributed by atoms with E-state index in [0.29, 0.717) is 0 Å². The molecule has 0 saturated heterocycles. The average molecular weight is 748 g/mol. The fourth-order valence-corrected chi connectivity index (χ4v) is 20.9. The molecule has 0 aliphatic heterocycles. The van der Waals surface area contributed by atoms with E-state index in [-0.39, 0.29) is 0 Å². The summed E-state index contributed by atoms with van der Waals surface area (Å²) in [6, 6.07) is 0. The molecule has 0 aromatic carbocycles. The Morgan fingerprint density at radius 3 is 1.55 bits per heavy atom. The molecule has 0 saturated carbocycles. The van der Waals surface area contributed by atoms with Gasteiger partial charge in [-0.1, -0.05) is 85.7 Å². The second-order valence-electron chi connectivity index (χ2n) is 2.43. The maximum absolute atomic E-state index is 2.77. The largest absolute Gasteiger partial charge is 0.264 e. The van der Waals surface area contributed by atoms with Gasteiger partial charge in [-0.3, -0.25) is 0 Å². The van der Waals surface area contributed by atoms with E-state index in [1.807, 2.05) is 0 Å². The minimum atomic E-state index is -0.969. The van der Waals surface area contributed by atoms with Crippen molar-refractivity contribution in [3.63, 3.8) is 0 Å². The average Bonchev–Trinajstić information content (AvgIpc) is 1.83. The fraction of sp³-hybridized carbons (Fsp3) is 1.00. The highest BCUT2D eigenvalue weighted by Crippen LogP contribution is 2.52. The Kier molecular flexibility index (Phi) is 8.20. The standard InChI is InChI=1S/C4H9I5Si2/c1-3-4(2)10(5,6)11(7,8)9/h4H,3H2,1-2H3. The second kappa shape index (κ2) is 5.98. The molecule has 1 unspecified atom stereocenters. The van der Waals surface area contributed by atoms with E-state index < -0.39 is 2.67 Å². The van der Waals surface area contributed by atoms with E-state index >= 15 is 0 Å². The van der Waals surface area contributed by atoms with Crippen LogP contribution in [0.15, 0.2) is 0 Å². The lowest BCUT2D eigenvalue weighted by Gasteiger charge is -2.30. The third-order valence-electron chi connectivity index (χ3n) is 1.61. The fourth-order valence-electron chi connectivity index (χ4n) is 0.536. The summed E-state index contributed by atoms with van der Waals surface area (Å²) >= 11 is 13.7. The SMILES string of the molecule is CCC(C)[Si](I)(I)[Si](I)(I)I. The quantitative estimate of drug-likeness (QED) is 0.206. The first-order valence-electron chi connectivity index (χ1n) is 3.18. The molecule has 0 aromatic rings. The Morgan fingerprint density at radius 1 is 1.09 bits per heavy atom. The van der Waals surface area contributed by atoms with E-state index in [1.165, 1.54) is 6.42 Å². The maximum atomic E-state index is 2.77. The molecule has 0 aliphatic carbocycles. The summed E-state index contributed by atoms with van der Waals surface area (Å²) in [7, 11) is 0. The maximum Gasteiger partial charge on any atom is 0.264 e. The Hall–Kier alpha value is 4.08. The van der Waals surface area contributed by atoms with Crippen LogP contribution in [0.1, 0.15) is 20.3 Å². The van der Waals surface area contributed by atoms with Gasteiger partial charge in [-0.15, -0.1) is 43.6 Å². The lowest BCUT2D eigenvalue weighted by atomic mass is 10.4.